The maximum Gasteiger partial charge on any atom is 0.318 e. The normalized spacial score (nSPS) is 13.0. The van der Waals surface area contributed by atoms with Crippen molar-refractivity contribution in [2.45, 2.75) is 20.3 Å². The van der Waals surface area contributed by atoms with Gasteiger partial charge in [-0.25, -0.2) is 0 Å². The molecule has 4 heteroatoms. The number of aliphatic carboxylic acids is 2. The highest BCUT2D eigenvalue weighted by atomic mass is 16.4. The lowest BCUT2D eigenvalue weighted by Crippen LogP contribution is -2.29. The average Bonchev–Trinajstić information content (AvgIpc) is 1.85. The number of rotatable bonds is 4. The van der Waals surface area contributed by atoms with E-state index in [-0.39, 0.29) is 5.92 Å². The summed E-state index contributed by atoms with van der Waals surface area (Å²) in [5.74, 6) is -4.09. The molecule has 0 amide bonds. The Labute approximate surface area is 64.8 Å². The lowest BCUT2D eigenvalue weighted by molar-refractivity contribution is -0.156. The third-order valence-electron chi connectivity index (χ3n) is 1.75. The van der Waals surface area contributed by atoms with Crippen LogP contribution in [0.15, 0.2) is 0 Å². The van der Waals surface area contributed by atoms with Crippen LogP contribution in [-0.2, 0) is 9.59 Å². The lowest BCUT2D eigenvalue weighted by Gasteiger charge is -2.12. The minimum absolute atomic E-state index is 0.315. The van der Waals surface area contributed by atoms with Gasteiger partial charge < -0.3 is 10.2 Å². The monoisotopic (exact) mass is 160 g/mol. The van der Waals surface area contributed by atoms with Gasteiger partial charge in [-0.1, -0.05) is 20.3 Å². The van der Waals surface area contributed by atoms with Crippen LogP contribution in [0.3, 0.4) is 0 Å². The Hall–Kier alpha value is -1.06. The van der Waals surface area contributed by atoms with Gasteiger partial charge in [0.1, 0.15) is 0 Å². The van der Waals surface area contributed by atoms with Crippen molar-refractivity contribution < 1.29 is 19.8 Å². The molecule has 0 aromatic rings. The van der Waals surface area contributed by atoms with Crippen molar-refractivity contribution >= 4 is 11.9 Å². The largest absolute Gasteiger partial charge is 0.481 e. The SMILES string of the molecule is CC[C@@H](C)C(C(=O)O)C(=O)O. The average molecular weight is 160 g/mol. The molecule has 0 aromatic carbocycles. The minimum Gasteiger partial charge on any atom is -0.481 e. The Morgan fingerprint density at radius 1 is 1.27 bits per heavy atom. The summed E-state index contributed by atoms with van der Waals surface area (Å²) in [6.45, 7) is 3.39. The fourth-order valence-electron chi connectivity index (χ4n) is 0.828. The summed E-state index contributed by atoms with van der Waals surface area (Å²) in [6.07, 6.45) is 0.559. The van der Waals surface area contributed by atoms with Gasteiger partial charge in [-0.05, 0) is 5.92 Å². The Bertz CT molecular complexity index is 150. The van der Waals surface area contributed by atoms with Crippen molar-refractivity contribution in [3.8, 4) is 0 Å². The summed E-state index contributed by atoms with van der Waals surface area (Å²) < 4.78 is 0. The smallest absolute Gasteiger partial charge is 0.318 e. The molecule has 0 spiro atoms. The Balaban J connectivity index is 4.34. The van der Waals surface area contributed by atoms with Gasteiger partial charge in [0.25, 0.3) is 0 Å². The standard InChI is InChI=1S/C7H12O4/c1-3-4(2)5(6(8)9)7(10)11/h4-5H,3H2,1-2H3,(H,8,9)(H,10,11)/t4-/m1/s1. The van der Waals surface area contributed by atoms with Gasteiger partial charge in [-0.2, -0.15) is 0 Å². The summed E-state index contributed by atoms with van der Waals surface area (Å²) >= 11 is 0. The van der Waals surface area contributed by atoms with E-state index in [1.807, 2.05) is 0 Å². The van der Waals surface area contributed by atoms with Gasteiger partial charge in [0.15, 0.2) is 5.92 Å². The molecule has 0 aliphatic heterocycles. The van der Waals surface area contributed by atoms with E-state index in [1.54, 1.807) is 13.8 Å². The molecule has 0 radical (unpaired) electrons. The number of hydrogen-bond donors (Lipinski definition) is 2. The van der Waals surface area contributed by atoms with E-state index in [0.717, 1.165) is 0 Å². The van der Waals surface area contributed by atoms with Crippen LogP contribution in [0.1, 0.15) is 20.3 Å². The van der Waals surface area contributed by atoms with E-state index in [0.29, 0.717) is 6.42 Å². The maximum absolute atomic E-state index is 10.4. The number of carbonyl (C=O) groups is 2. The molecule has 0 aromatic heterocycles. The molecule has 0 aliphatic carbocycles. The van der Waals surface area contributed by atoms with Crippen LogP contribution in [-0.4, -0.2) is 22.2 Å². The molecule has 0 unspecified atom stereocenters. The fraction of sp³-hybridized carbons (Fsp3) is 0.714. The van der Waals surface area contributed by atoms with E-state index in [1.165, 1.54) is 0 Å². The first kappa shape index (κ1) is 9.94. The molecular weight excluding hydrogens is 148 g/mol. The molecule has 0 fully saturated rings. The van der Waals surface area contributed by atoms with E-state index in [2.05, 4.69) is 0 Å². The first-order valence-corrected chi connectivity index (χ1v) is 3.46. The number of hydrogen-bond acceptors (Lipinski definition) is 2. The highest BCUT2D eigenvalue weighted by Crippen LogP contribution is 2.15. The molecule has 2 N–H and O–H groups in total. The topological polar surface area (TPSA) is 74.6 Å². The van der Waals surface area contributed by atoms with Crippen LogP contribution in [0, 0.1) is 11.8 Å². The molecule has 64 valence electrons. The van der Waals surface area contributed by atoms with Crippen molar-refractivity contribution in [1.29, 1.82) is 0 Å². The second kappa shape index (κ2) is 3.95. The molecule has 0 bridgehead atoms. The quantitative estimate of drug-likeness (QED) is 0.597. The summed E-state index contributed by atoms with van der Waals surface area (Å²) in [6, 6.07) is 0. The summed E-state index contributed by atoms with van der Waals surface area (Å²) in [7, 11) is 0. The molecule has 4 nitrogen and oxygen atoms in total. The van der Waals surface area contributed by atoms with Crippen LogP contribution in [0.25, 0.3) is 0 Å². The zero-order valence-electron chi connectivity index (χ0n) is 6.57. The van der Waals surface area contributed by atoms with Crippen LogP contribution in [0.5, 0.6) is 0 Å². The Kier molecular flexibility index (Phi) is 3.57. The van der Waals surface area contributed by atoms with Crippen molar-refractivity contribution in [1.82, 2.24) is 0 Å². The zero-order chi connectivity index (χ0) is 9.02. The van der Waals surface area contributed by atoms with E-state index < -0.39 is 17.9 Å². The molecule has 0 heterocycles. The third-order valence-corrected chi connectivity index (χ3v) is 1.75. The lowest BCUT2D eigenvalue weighted by atomic mass is 9.92. The molecule has 0 rings (SSSR count). The van der Waals surface area contributed by atoms with Gasteiger partial charge in [-0.15, -0.1) is 0 Å². The minimum atomic E-state index is -1.26. The first-order valence-electron chi connectivity index (χ1n) is 3.46. The predicted molar refractivity (Wildman–Crippen MR) is 38.2 cm³/mol. The summed E-state index contributed by atoms with van der Waals surface area (Å²) in [4.78, 5) is 20.7. The van der Waals surface area contributed by atoms with Crippen molar-refractivity contribution in [3.05, 3.63) is 0 Å². The second-order valence-electron chi connectivity index (χ2n) is 2.54. The molecule has 0 saturated heterocycles. The summed E-state index contributed by atoms with van der Waals surface area (Å²) in [5.41, 5.74) is 0. The molecule has 1 atom stereocenters. The van der Waals surface area contributed by atoms with E-state index in [4.69, 9.17) is 10.2 Å². The highest BCUT2D eigenvalue weighted by molar-refractivity contribution is 5.93. The predicted octanol–water partition coefficient (Wildman–Crippen LogP) is 0.818. The van der Waals surface area contributed by atoms with Crippen molar-refractivity contribution in [2.75, 3.05) is 0 Å². The zero-order valence-corrected chi connectivity index (χ0v) is 6.57. The highest BCUT2D eigenvalue weighted by Gasteiger charge is 2.30. The van der Waals surface area contributed by atoms with E-state index in [9.17, 15) is 9.59 Å². The first-order chi connectivity index (χ1) is 5.00. The van der Waals surface area contributed by atoms with Crippen LogP contribution in [0.4, 0.5) is 0 Å². The molecule has 0 saturated carbocycles. The van der Waals surface area contributed by atoms with Gasteiger partial charge in [-0.3, -0.25) is 9.59 Å². The third kappa shape index (κ3) is 2.57. The van der Waals surface area contributed by atoms with Crippen LogP contribution in [0.2, 0.25) is 0 Å². The van der Waals surface area contributed by atoms with Crippen LogP contribution < -0.4 is 0 Å². The molecular formula is C7H12O4. The Morgan fingerprint density at radius 3 is 1.73 bits per heavy atom. The fourth-order valence-corrected chi connectivity index (χ4v) is 0.828. The maximum atomic E-state index is 10.4. The van der Waals surface area contributed by atoms with Gasteiger partial charge in [0, 0.05) is 0 Å². The van der Waals surface area contributed by atoms with Gasteiger partial charge in [0.05, 0.1) is 0 Å². The summed E-state index contributed by atoms with van der Waals surface area (Å²) in [5, 5.41) is 16.9. The Morgan fingerprint density at radius 2 is 1.64 bits per heavy atom. The number of carboxylic acids is 2. The number of carboxylic acid groups (broad SMARTS) is 2. The van der Waals surface area contributed by atoms with Gasteiger partial charge in [0.2, 0.25) is 0 Å². The van der Waals surface area contributed by atoms with Crippen molar-refractivity contribution in [2.24, 2.45) is 11.8 Å². The second-order valence-corrected chi connectivity index (χ2v) is 2.54. The molecule has 11 heavy (non-hydrogen) atoms. The molecule has 0 aliphatic rings. The van der Waals surface area contributed by atoms with Crippen LogP contribution >= 0.6 is 0 Å². The van der Waals surface area contributed by atoms with E-state index >= 15 is 0 Å². The van der Waals surface area contributed by atoms with Crippen molar-refractivity contribution in [3.63, 3.8) is 0 Å². The van der Waals surface area contributed by atoms with Gasteiger partial charge >= 0.3 is 11.9 Å².